The molecule has 0 aliphatic carbocycles. The zero-order valence-corrected chi connectivity index (χ0v) is 20.7. The molecular weight excluding hydrogens is 484 g/mol. The second-order valence-corrected chi connectivity index (χ2v) is 11.6. The zero-order chi connectivity index (χ0) is 26.1. The summed E-state index contributed by atoms with van der Waals surface area (Å²) in [5.74, 6) is -6.85. The van der Waals surface area contributed by atoms with E-state index in [1.54, 1.807) is 27.7 Å². The Hall–Kier alpha value is -2.41. The SMILES string of the molecule is Cc1ccc(F)c([C@H](N[S+]([O-])C(C)(C)C)[C@@H](F)C(=O)C2C(=O)NC(=O)N(C3CCOCC3)C2=O)c1. The van der Waals surface area contributed by atoms with E-state index in [-0.39, 0.29) is 18.8 Å². The number of urea groups is 1. The number of barbiturate groups is 1. The molecule has 3 rings (SSSR count). The minimum absolute atomic E-state index is 0.274. The van der Waals surface area contributed by atoms with Crippen molar-refractivity contribution in [2.45, 2.75) is 63.5 Å². The normalized spacial score (nSPS) is 22.5. The van der Waals surface area contributed by atoms with E-state index < -0.39 is 69.7 Å². The predicted molar refractivity (Wildman–Crippen MR) is 123 cm³/mol. The maximum absolute atomic E-state index is 15.8. The summed E-state index contributed by atoms with van der Waals surface area (Å²) >= 11 is -1.93. The van der Waals surface area contributed by atoms with Gasteiger partial charge in [-0.2, -0.15) is 0 Å². The lowest BCUT2D eigenvalue weighted by Gasteiger charge is -2.37. The van der Waals surface area contributed by atoms with Gasteiger partial charge < -0.3 is 9.29 Å². The van der Waals surface area contributed by atoms with Crippen LogP contribution >= 0.6 is 0 Å². The third-order valence-electron chi connectivity index (χ3n) is 5.88. The topological polar surface area (TPSA) is 128 Å². The first-order valence-corrected chi connectivity index (χ1v) is 12.4. The Balaban J connectivity index is 1.95. The number of amides is 4. The second kappa shape index (κ2) is 10.7. The minimum atomic E-state index is -2.62. The van der Waals surface area contributed by atoms with E-state index >= 15 is 4.39 Å². The highest BCUT2D eigenvalue weighted by molar-refractivity contribution is 7.90. The fourth-order valence-corrected chi connectivity index (χ4v) is 4.76. The van der Waals surface area contributed by atoms with E-state index in [0.29, 0.717) is 18.4 Å². The number of ether oxygens (including phenoxy) is 1. The van der Waals surface area contributed by atoms with Gasteiger partial charge in [0.15, 0.2) is 17.9 Å². The number of carbonyl (C=O) groups excluding carboxylic acids is 4. The van der Waals surface area contributed by atoms with Crippen LogP contribution in [-0.2, 0) is 30.5 Å². The molecule has 35 heavy (non-hydrogen) atoms. The molecule has 0 spiro atoms. The van der Waals surface area contributed by atoms with Gasteiger partial charge >= 0.3 is 6.03 Å². The summed E-state index contributed by atoms with van der Waals surface area (Å²) < 4.78 is 50.1. The Kier molecular flexibility index (Phi) is 8.30. The van der Waals surface area contributed by atoms with Crippen LogP contribution in [0, 0.1) is 18.7 Å². The number of nitrogens with one attached hydrogen (secondary N) is 2. The molecule has 0 bridgehead atoms. The molecule has 2 unspecified atom stereocenters. The maximum atomic E-state index is 15.8. The molecule has 4 amide bonds. The first kappa shape index (κ1) is 27.2. The quantitative estimate of drug-likeness (QED) is 0.422. The molecule has 0 radical (unpaired) electrons. The molecule has 2 fully saturated rings. The number of nitrogens with zero attached hydrogens (tertiary/aromatic N) is 1. The van der Waals surface area contributed by atoms with Crippen LogP contribution in [0.2, 0.25) is 0 Å². The Morgan fingerprint density at radius 1 is 1.26 bits per heavy atom. The van der Waals surface area contributed by atoms with Gasteiger partial charge in [0.05, 0.1) is 0 Å². The van der Waals surface area contributed by atoms with Crippen molar-refractivity contribution in [2.24, 2.45) is 5.92 Å². The first-order valence-electron chi connectivity index (χ1n) is 11.2. The molecule has 2 heterocycles. The predicted octanol–water partition coefficient (Wildman–Crippen LogP) is 2.01. The van der Waals surface area contributed by atoms with Gasteiger partial charge in [0.25, 0.3) is 5.91 Å². The van der Waals surface area contributed by atoms with E-state index in [1.165, 1.54) is 12.1 Å². The average molecular weight is 514 g/mol. The van der Waals surface area contributed by atoms with Crippen molar-refractivity contribution in [3.8, 4) is 0 Å². The van der Waals surface area contributed by atoms with Gasteiger partial charge in [-0.25, -0.2) is 13.6 Å². The highest BCUT2D eigenvalue weighted by atomic mass is 32.2. The molecular formula is C23H29F2N3O6S. The highest BCUT2D eigenvalue weighted by Gasteiger charge is 2.51. The van der Waals surface area contributed by atoms with Crippen molar-refractivity contribution in [1.29, 1.82) is 0 Å². The molecule has 4 atom stereocenters. The van der Waals surface area contributed by atoms with E-state index in [2.05, 4.69) is 4.72 Å². The molecule has 1 aromatic carbocycles. The summed E-state index contributed by atoms with van der Waals surface area (Å²) in [6, 6.07) is 0.473. The van der Waals surface area contributed by atoms with Gasteiger partial charge in [-0.15, -0.1) is 4.72 Å². The molecule has 2 aliphatic heterocycles. The van der Waals surface area contributed by atoms with Crippen molar-refractivity contribution in [2.75, 3.05) is 13.2 Å². The lowest BCUT2D eigenvalue weighted by Crippen LogP contribution is -2.64. The average Bonchev–Trinajstić information content (AvgIpc) is 2.78. The largest absolute Gasteiger partial charge is 0.598 e. The van der Waals surface area contributed by atoms with Crippen LogP contribution in [-0.4, -0.2) is 63.3 Å². The fourth-order valence-electron chi connectivity index (χ4n) is 3.93. The summed E-state index contributed by atoms with van der Waals surface area (Å²) in [5, 5.41) is 1.95. The Labute approximate surface area is 205 Å². The molecule has 1 aromatic rings. The number of hydrogen-bond donors (Lipinski definition) is 2. The fraction of sp³-hybridized carbons (Fsp3) is 0.565. The van der Waals surface area contributed by atoms with E-state index in [1.807, 2.05) is 5.32 Å². The number of benzene rings is 1. The van der Waals surface area contributed by atoms with Crippen LogP contribution < -0.4 is 10.0 Å². The second-order valence-electron chi connectivity index (χ2n) is 9.58. The smallest absolute Gasteiger partial charge is 0.331 e. The summed E-state index contributed by atoms with van der Waals surface area (Å²) in [6.45, 7) is 6.98. The zero-order valence-electron chi connectivity index (χ0n) is 19.9. The Morgan fingerprint density at radius 2 is 1.89 bits per heavy atom. The lowest BCUT2D eigenvalue weighted by atomic mass is 9.89. The van der Waals surface area contributed by atoms with Gasteiger partial charge in [0.2, 0.25) is 5.91 Å². The number of rotatable bonds is 7. The van der Waals surface area contributed by atoms with E-state index in [0.717, 1.165) is 11.0 Å². The standard InChI is InChI=1S/C23H29F2N3O6S/c1-12-5-6-15(24)14(11-12)18(27-35(33)23(2,3)4)17(25)19(29)16-20(30)26-22(32)28(21(16)31)13-7-9-34-10-8-13/h5-6,11,13,16-18,27H,7-10H2,1-4H3,(H,26,30,32)/t16?,17-,18+,35?/m1/s1. The van der Waals surface area contributed by atoms with Crippen LogP contribution in [0.5, 0.6) is 0 Å². The van der Waals surface area contributed by atoms with Crippen LogP contribution in [0.1, 0.15) is 50.8 Å². The number of ketones is 1. The molecule has 192 valence electrons. The first-order chi connectivity index (χ1) is 16.3. The third kappa shape index (κ3) is 5.88. The Bertz CT molecular complexity index is 1010. The van der Waals surface area contributed by atoms with Gasteiger partial charge in [-0.1, -0.05) is 17.7 Å². The number of hydrogen-bond acceptors (Lipinski definition) is 7. The van der Waals surface area contributed by atoms with E-state index in [4.69, 9.17) is 4.74 Å². The van der Waals surface area contributed by atoms with Crippen LogP contribution in [0.4, 0.5) is 13.6 Å². The van der Waals surface area contributed by atoms with Gasteiger partial charge in [-0.3, -0.25) is 24.6 Å². The Morgan fingerprint density at radius 3 is 2.49 bits per heavy atom. The van der Waals surface area contributed by atoms with Crippen molar-refractivity contribution in [3.05, 3.63) is 35.1 Å². The number of carbonyl (C=O) groups is 4. The lowest BCUT2D eigenvalue weighted by molar-refractivity contribution is -0.151. The summed E-state index contributed by atoms with van der Waals surface area (Å²) in [4.78, 5) is 52.0. The molecule has 0 aromatic heterocycles. The highest BCUT2D eigenvalue weighted by Crippen LogP contribution is 2.30. The number of aryl methyl sites for hydroxylation is 1. The summed E-state index contributed by atoms with van der Waals surface area (Å²) in [7, 11) is 0. The van der Waals surface area contributed by atoms with Crippen LogP contribution in [0.3, 0.4) is 0 Å². The number of alkyl halides is 1. The third-order valence-corrected chi connectivity index (χ3v) is 7.46. The van der Waals surface area contributed by atoms with Crippen molar-refractivity contribution in [3.63, 3.8) is 0 Å². The van der Waals surface area contributed by atoms with Crippen LogP contribution in [0.25, 0.3) is 0 Å². The molecule has 2 N–H and O–H groups in total. The molecule has 2 saturated heterocycles. The number of imide groups is 2. The maximum Gasteiger partial charge on any atom is 0.331 e. The van der Waals surface area contributed by atoms with Gasteiger partial charge in [-0.05, 0) is 46.6 Å². The number of Topliss-reactive ketones (excluding diaryl/α,β-unsaturated/α-hetero) is 1. The van der Waals surface area contributed by atoms with Gasteiger partial charge in [0.1, 0.15) is 16.6 Å². The molecule has 0 saturated carbocycles. The number of halogens is 2. The molecule has 12 heteroatoms. The molecule has 2 aliphatic rings. The monoisotopic (exact) mass is 513 g/mol. The molecule has 9 nitrogen and oxygen atoms in total. The summed E-state index contributed by atoms with van der Waals surface area (Å²) in [5.41, 5.74) is 0.279. The van der Waals surface area contributed by atoms with Crippen LogP contribution in [0.15, 0.2) is 18.2 Å². The summed E-state index contributed by atoms with van der Waals surface area (Å²) in [6.07, 6.45) is -2.02. The minimum Gasteiger partial charge on any atom is -0.598 e. The van der Waals surface area contributed by atoms with Crippen molar-refractivity contribution in [1.82, 2.24) is 14.9 Å². The van der Waals surface area contributed by atoms with E-state index in [9.17, 15) is 28.1 Å². The van der Waals surface area contributed by atoms with Crippen molar-refractivity contribution < 1.29 is 37.2 Å². The van der Waals surface area contributed by atoms with Crippen molar-refractivity contribution >= 4 is 35.0 Å². The van der Waals surface area contributed by atoms with Gasteiger partial charge in [0, 0.05) is 36.2 Å².